The molecule has 0 spiro atoms. The highest BCUT2D eigenvalue weighted by Gasteiger charge is 2.45. The van der Waals surface area contributed by atoms with Gasteiger partial charge in [0.1, 0.15) is 12.1 Å². The molecule has 2 rings (SSSR count). The van der Waals surface area contributed by atoms with Crippen molar-refractivity contribution in [1.82, 2.24) is 15.2 Å². The van der Waals surface area contributed by atoms with Crippen LogP contribution in [0.25, 0.3) is 0 Å². The molecule has 0 aliphatic carbocycles. The summed E-state index contributed by atoms with van der Waals surface area (Å²) in [5.41, 5.74) is 0.237. The second-order valence-electron chi connectivity index (χ2n) is 5.23. The summed E-state index contributed by atoms with van der Waals surface area (Å²) in [6.45, 7) is 5.93. The molecule has 0 bridgehead atoms. The van der Waals surface area contributed by atoms with Crippen LogP contribution in [0.3, 0.4) is 0 Å². The van der Waals surface area contributed by atoms with Crippen LogP contribution in [0.4, 0.5) is 0 Å². The first kappa shape index (κ1) is 14.5. The van der Waals surface area contributed by atoms with E-state index in [1.165, 1.54) is 0 Å². The summed E-state index contributed by atoms with van der Waals surface area (Å²) in [6.07, 6.45) is 4.61. The number of nitrogens with zero attached hydrogens (tertiary/aromatic N) is 2. The van der Waals surface area contributed by atoms with E-state index < -0.39 is 5.54 Å². The Labute approximate surface area is 119 Å². The largest absolute Gasteiger partial charge is 0.340 e. The van der Waals surface area contributed by atoms with Crippen LogP contribution in [0.15, 0.2) is 24.5 Å². The van der Waals surface area contributed by atoms with Gasteiger partial charge in [0.25, 0.3) is 0 Å². The number of piperazine rings is 1. The van der Waals surface area contributed by atoms with Crippen molar-refractivity contribution >= 4 is 11.8 Å². The lowest BCUT2D eigenvalue weighted by Gasteiger charge is -2.43. The summed E-state index contributed by atoms with van der Waals surface area (Å²) in [5, 5.41) is 2.87. The maximum atomic E-state index is 12.8. The molecule has 0 radical (unpaired) electrons. The fourth-order valence-electron chi connectivity index (χ4n) is 2.73. The van der Waals surface area contributed by atoms with Crippen molar-refractivity contribution in [3.8, 4) is 0 Å². The van der Waals surface area contributed by atoms with Crippen LogP contribution < -0.4 is 5.32 Å². The fraction of sp³-hybridized carbons (Fsp3) is 0.533. The lowest BCUT2D eigenvalue weighted by molar-refractivity contribution is -0.152. The Hall–Kier alpha value is -1.91. The topological polar surface area (TPSA) is 62.3 Å². The van der Waals surface area contributed by atoms with Crippen molar-refractivity contribution < 1.29 is 9.59 Å². The molecule has 1 aliphatic heterocycles. The molecule has 1 fully saturated rings. The van der Waals surface area contributed by atoms with E-state index >= 15 is 0 Å². The van der Waals surface area contributed by atoms with Crippen molar-refractivity contribution in [3.05, 3.63) is 30.1 Å². The third-order valence-electron chi connectivity index (χ3n) is 4.23. The van der Waals surface area contributed by atoms with Gasteiger partial charge in [-0.2, -0.15) is 0 Å². The Morgan fingerprint density at radius 1 is 1.30 bits per heavy atom. The highest BCUT2D eigenvalue weighted by atomic mass is 16.2. The number of nitrogens with one attached hydrogen (secondary N) is 1. The van der Waals surface area contributed by atoms with Crippen molar-refractivity contribution in [2.45, 2.75) is 45.2 Å². The molecule has 1 saturated heterocycles. The number of hydrogen-bond acceptors (Lipinski definition) is 3. The van der Waals surface area contributed by atoms with Gasteiger partial charge in [-0.15, -0.1) is 0 Å². The van der Waals surface area contributed by atoms with Crippen LogP contribution in [0.5, 0.6) is 0 Å². The Balaban J connectivity index is 2.31. The first-order chi connectivity index (χ1) is 9.54. The quantitative estimate of drug-likeness (QED) is 0.909. The van der Waals surface area contributed by atoms with E-state index in [4.69, 9.17) is 0 Å². The second-order valence-corrected chi connectivity index (χ2v) is 5.23. The normalized spacial score (nSPS) is 19.6. The van der Waals surface area contributed by atoms with Crippen LogP contribution in [0.1, 0.15) is 45.2 Å². The average molecular weight is 275 g/mol. The summed E-state index contributed by atoms with van der Waals surface area (Å²) in [5.74, 6) is -0.0828. The minimum atomic E-state index is -0.753. The predicted octanol–water partition coefficient (Wildman–Crippen LogP) is 1.66. The number of aromatic nitrogens is 1. The molecule has 108 valence electrons. The predicted molar refractivity (Wildman–Crippen MR) is 75.8 cm³/mol. The maximum absolute atomic E-state index is 12.8. The van der Waals surface area contributed by atoms with Gasteiger partial charge in [0.15, 0.2) is 0 Å². The minimum absolute atomic E-state index is 0.00594. The van der Waals surface area contributed by atoms with E-state index in [9.17, 15) is 9.59 Å². The number of amides is 2. The Kier molecular flexibility index (Phi) is 4.06. The number of carbonyl (C=O) groups excluding carboxylic acids is 2. The molecule has 20 heavy (non-hydrogen) atoms. The molecular weight excluding hydrogens is 254 g/mol. The molecule has 0 saturated carbocycles. The van der Waals surface area contributed by atoms with Crippen LogP contribution in [0, 0.1) is 0 Å². The van der Waals surface area contributed by atoms with Crippen LogP contribution in [0.2, 0.25) is 0 Å². The van der Waals surface area contributed by atoms with Gasteiger partial charge in [0.2, 0.25) is 11.8 Å². The summed E-state index contributed by atoms with van der Waals surface area (Å²) in [7, 11) is 0. The molecule has 5 nitrogen and oxygen atoms in total. The molecule has 1 aromatic rings. The molecule has 0 aromatic carbocycles. The standard InChI is InChI=1S/C15H21N3O2/c1-4-15(5-2)14(20)18(10-13(19)17-15)11(3)12-6-8-16-9-7-12/h6-9,11H,4-5,10H2,1-3H3,(H,17,19). The van der Waals surface area contributed by atoms with E-state index in [0.717, 1.165) is 5.56 Å². The Morgan fingerprint density at radius 3 is 2.45 bits per heavy atom. The Bertz CT molecular complexity index is 497. The highest BCUT2D eigenvalue weighted by molar-refractivity contribution is 5.98. The molecule has 1 aliphatic rings. The van der Waals surface area contributed by atoms with Crippen LogP contribution in [-0.2, 0) is 9.59 Å². The van der Waals surface area contributed by atoms with Crippen LogP contribution in [-0.4, -0.2) is 33.8 Å². The van der Waals surface area contributed by atoms with Gasteiger partial charge in [-0.3, -0.25) is 14.6 Å². The lowest BCUT2D eigenvalue weighted by Crippen LogP contribution is -2.66. The Morgan fingerprint density at radius 2 is 1.90 bits per heavy atom. The smallest absolute Gasteiger partial charge is 0.249 e. The van der Waals surface area contributed by atoms with Gasteiger partial charge < -0.3 is 10.2 Å². The molecule has 1 aromatic heterocycles. The van der Waals surface area contributed by atoms with Gasteiger partial charge in [0.05, 0.1) is 6.04 Å². The number of carbonyl (C=O) groups is 2. The average Bonchev–Trinajstić information content (AvgIpc) is 2.49. The van der Waals surface area contributed by atoms with Crippen molar-refractivity contribution in [1.29, 1.82) is 0 Å². The maximum Gasteiger partial charge on any atom is 0.249 e. The van der Waals surface area contributed by atoms with Crippen molar-refractivity contribution in [3.63, 3.8) is 0 Å². The molecular formula is C15H21N3O2. The molecule has 2 heterocycles. The first-order valence-corrected chi connectivity index (χ1v) is 7.06. The third kappa shape index (κ3) is 2.40. The molecule has 1 atom stereocenters. The van der Waals surface area contributed by atoms with E-state index in [2.05, 4.69) is 10.3 Å². The number of pyridine rings is 1. The molecule has 5 heteroatoms. The molecule has 2 amide bonds. The summed E-state index contributed by atoms with van der Waals surface area (Å²) in [6, 6.07) is 3.63. The van der Waals surface area contributed by atoms with Gasteiger partial charge in [0, 0.05) is 12.4 Å². The van der Waals surface area contributed by atoms with E-state index in [1.807, 2.05) is 32.9 Å². The van der Waals surface area contributed by atoms with Gasteiger partial charge in [-0.1, -0.05) is 13.8 Å². The zero-order chi connectivity index (χ0) is 14.8. The number of rotatable bonds is 4. The van der Waals surface area contributed by atoms with Crippen molar-refractivity contribution in [2.75, 3.05) is 6.54 Å². The lowest BCUT2D eigenvalue weighted by atomic mass is 9.88. The van der Waals surface area contributed by atoms with Gasteiger partial charge in [-0.05, 0) is 37.5 Å². The SMILES string of the molecule is CCC1(CC)NC(=O)CN(C(C)c2ccncc2)C1=O. The van der Waals surface area contributed by atoms with Crippen molar-refractivity contribution in [2.24, 2.45) is 0 Å². The third-order valence-corrected chi connectivity index (χ3v) is 4.23. The van der Waals surface area contributed by atoms with E-state index in [0.29, 0.717) is 12.8 Å². The zero-order valence-electron chi connectivity index (χ0n) is 12.2. The van der Waals surface area contributed by atoms with Gasteiger partial charge >= 0.3 is 0 Å². The second kappa shape index (κ2) is 5.61. The van der Waals surface area contributed by atoms with Gasteiger partial charge in [-0.25, -0.2) is 0 Å². The minimum Gasteiger partial charge on any atom is -0.340 e. The summed E-state index contributed by atoms with van der Waals surface area (Å²) < 4.78 is 0. The highest BCUT2D eigenvalue weighted by Crippen LogP contribution is 2.28. The fourth-order valence-corrected chi connectivity index (χ4v) is 2.73. The molecule has 1 N–H and O–H groups in total. The zero-order valence-corrected chi connectivity index (χ0v) is 12.2. The first-order valence-electron chi connectivity index (χ1n) is 7.06. The summed E-state index contributed by atoms with van der Waals surface area (Å²) >= 11 is 0. The van der Waals surface area contributed by atoms with Crippen LogP contribution >= 0.6 is 0 Å². The monoisotopic (exact) mass is 275 g/mol. The number of hydrogen-bond donors (Lipinski definition) is 1. The summed E-state index contributed by atoms with van der Waals surface area (Å²) in [4.78, 5) is 30.4. The molecule has 1 unspecified atom stereocenters. The van der Waals surface area contributed by atoms with E-state index in [1.54, 1.807) is 17.3 Å². The van der Waals surface area contributed by atoms with E-state index in [-0.39, 0.29) is 24.4 Å².